The van der Waals surface area contributed by atoms with Crippen LogP contribution < -0.4 is 10.6 Å². The Kier molecular flexibility index (Phi) is 5.84. The van der Waals surface area contributed by atoms with Crippen molar-refractivity contribution in [1.29, 1.82) is 0 Å². The average molecular weight is 325 g/mol. The fraction of sp³-hybridized carbons (Fsp3) is 0.588. The second-order valence-electron chi connectivity index (χ2n) is 6.29. The molecule has 1 aliphatic carbocycles. The Morgan fingerprint density at radius 3 is 2.68 bits per heavy atom. The highest BCUT2D eigenvalue weighted by Crippen LogP contribution is 2.58. The Morgan fingerprint density at radius 1 is 1.32 bits per heavy atom. The maximum atomic E-state index is 12.4. The molecule has 1 spiro atoms. The Hall–Kier alpha value is -1.10. The van der Waals surface area contributed by atoms with E-state index in [2.05, 4.69) is 22.8 Å². The number of benzene rings is 1. The molecular formula is C17H25ClN2O2. The summed E-state index contributed by atoms with van der Waals surface area (Å²) in [5, 5.41) is 6.49. The molecule has 1 aliphatic heterocycles. The number of ether oxygens (including phenoxy) is 1. The van der Waals surface area contributed by atoms with Crippen LogP contribution in [0.25, 0.3) is 0 Å². The fourth-order valence-electron chi connectivity index (χ4n) is 3.53. The summed E-state index contributed by atoms with van der Waals surface area (Å²) in [6.45, 7) is 3.30. The number of carbonyl (C=O) groups is 1. The van der Waals surface area contributed by atoms with Crippen molar-refractivity contribution in [1.82, 2.24) is 10.6 Å². The van der Waals surface area contributed by atoms with Crippen LogP contribution in [0.1, 0.15) is 30.4 Å². The lowest BCUT2D eigenvalue weighted by Gasteiger charge is -2.23. The molecule has 0 aromatic heterocycles. The molecule has 2 fully saturated rings. The van der Waals surface area contributed by atoms with E-state index in [0.29, 0.717) is 18.6 Å². The highest BCUT2D eigenvalue weighted by molar-refractivity contribution is 5.85. The van der Waals surface area contributed by atoms with Gasteiger partial charge in [-0.1, -0.05) is 24.3 Å². The van der Waals surface area contributed by atoms with Gasteiger partial charge in [-0.2, -0.15) is 0 Å². The maximum absolute atomic E-state index is 12.4. The van der Waals surface area contributed by atoms with Crippen LogP contribution in [-0.4, -0.2) is 26.1 Å². The lowest BCUT2D eigenvalue weighted by molar-refractivity contribution is -0.123. The topological polar surface area (TPSA) is 50.4 Å². The summed E-state index contributed by atoms with van der Waals surface area (Å²) in [4.78, 5) is 12.4. The minimum absolute atomic E-state index is 0. The summed E-state index contributed by atoms with van der Waals surface area (Å²) >= 11 is 0. The van der Waals surface area contributed by atoms with Gasteiger partial charge in [0.05, 0.1) is 6.61 Å². The summed E-state index contributed by atoms with van der Waals surface area (Å²) in [5.74, 6) is 0.457. The molecular weight excluding hydrogens is 300 g/mol. The van der Waals surface area contributed by atoms with Gasteiger partial charge in [0.2, 0.25) is 5.91 Å². The molecule has 1 atom stereocenters. The van der Waals surface area contributed by atoms with Gasteiger partial charge >= 0.3 is 0 Å². The zero-order chi connectivity index (χ0) is 14.7. The Bertz CT molecular complexity index is 515. The van der Waals surface area contributed by atoms with Crippen LogP contribution in [0.5, 0.6) is 0 Å². The van der Waals surface area contributed by atoms with E-state index in [0.717, 1.165) is 43.5 Å². The molecule has 2 aliphatic rings. The minimum atomic E-state index is 0. The predicted octanol–water partition coefficient (Wildman–Crippen LogP) is 2.26. The molecule has 1 heterocycles. The fourth-order valence-corrected chi connectivity index (χ4v) is 3.53. The van der Waals surface area contributed by atoms with Crippen LogP contribution in [0.2, 0.25) is 0 Å². The van der Waals surface area contributed by atoms with Gasteiger partial charge in [-0.05, 0) is 48.9 Å². The van der Waals surface area contributed by atoms with E-state index in [1.165, 1.54) is 0 Å². The first-order chi connectivity index (χ1) is 10.2. The van der Waals surface area contributed by atoms with Crippen LogP contribution in [0, 0.1) is 11.3 Å². The van der Waals surface area contributed by atoms with Crippen LogP contribution in [0.4, 0.5) is 0 Å². The van der Waals surface area contributed by atoms with Crippen molar-refractivity contribution in [2.24, 2.45) is 11.3 Å². The quantitative estimate of drug-likeness (QED) is 0.873. The van der Waals surface area contributed by atoms with Crippen LogP contribution >= 0.6 is 12.4 Å². The predicted molar refractivity (Wildman–Crippen MR) is 88.9 cm³/mol. The molecule has 0 bridgehead atoms. The molecule has 4 nitrogen and oxygen atoms in total. The third-order valence-corrected chi connectivity index (χ3v) is 4.98. The lowest BCUT2D eigenvalue weighted by Crippen LogP contribution is -2.33. The molecule has 2 N–H and O–H groups in total. The zero-order valence-electron chi connectivity index (χ0n) is 13.1. The van der Waals surface area contributed by atoms with E-state index >= 15 is 0 Å². The first kappa shape index (κ1) is 17.3. The molecule has 1 amide bonds. The number of methoxy groups -OCH3 is 1. The highest BCUT2D eigenvalue weighted by Gasteiger charge is 2.57. The number of hydrogen-bond donors (Lipinski definition) is 2. The van der Waals surface area contributed by atoms with Crippen molar-refractivity contribution in [2.45, 2.75) is 32.4 Å². The van der Waals surface area contributed by atoms with Gasteiger partial charge in [0.25, 0.3) is 0 Å². The molecule has 1 saturated carbocycles. The maximum Gasteiger partial charge on any atom is 0.223 e. The van der Waals surface area contributed by atoms with Gasteiger partial charge in [0, 0.05) is 19.6 Å². The molecule has 22 heavy (non-hydrogen) atoms. The number of hydrogen-bond acceptors (Lipinski definition) is 3. The molecule has 1 unspecified atom stereocenters. The van der Waals surface area contributed by atoms with Crippen molar-refractivity contribution in [3.8, 4) is 0 Å². The lowest BCUT2D eigenvalue weighted by atomic mass is 9.92. The van der Waals surface area contributed by atoms with E-state index < -0.39 is 0 Å². The number of rotatable bonds is 5. The summed E-state index contributed by atoms with van der Waals surface area (Å²) in [5.41, 5.74) is 2.60. The van der Waals surface area contributed by atoms with Crippen molar-refractivity contribution >= 4 is 18.3 Å². The Morgan fingerprint density at radius 2 is 2.00 bits per heavy atom. The molecule has 5 heteroatoms. The minimum Gasteiger partial charge on any atom is -0.380 e. The second kappa shape index (κ2) is 7.44. The molecule has 3 rings (SSSR count). The normalized spacial score (nSPS) is 22.0. The van der Waals surface area contributed by atoms with E-state index in [9.17, 15) is 4.79 Å². The second-order valence-corrected chi connectivity index (χ2v) is 6.29. The zero-order valence-corrected chi connectivity index (χ0v) is 13.9. The summed E-state index contributed by atoms with van der Waals surface area (Å²) in [6, 6.07) is 8.12. The largest absolute Gasteiger partial charge is 0.380 e. The van der Waals surface area contributed by atoms with E-state index in [1.54, 1.807) is 7.11 Å². The van der Waals surface area contributed by atoms with E-state index in [-0.39, 0.29) is 24.2 Å². The Labute approximate surface area is 138 Å². The van der Waals surface area contributed by atoms with E-state index in [1.807, 2.05) is 12.1 Å². The SMILES string of the molecule is COCc1ccccc1CNC(=O)C1CC12CCNCC2.Cl. The number of nitrogens with one attached hydrogen (secondary N) is 2. The van der Waals surface area contributed by atoms with Crippen molar-refractivity contribution in [3.05, 3.63) is 35.4 Å². The first-order valence-electron chi connectivity index (χ1n) is 7.79. The number of carbonyl (C=O) groups excluding carboxylic acids is 1. The van der Waals surface area contributed by atoms with Gasteiger partial charge in [-0.25, -0.2) is 0 Å². The van der Waals surface area contributed by atoms with Gasteiger partial charge in [0.1, 0.15) is 0 Å². The van der Waals surface area contributed by atoms with Crippen LogP contribution in [0.15, 0.2) is 24.3 Å². The molecule has 1 aromatic rings. The van der Waals surface area contributed by atoms with Gasteiger partial charge < -0.3 is 15.4 Å². The number of piperidine rings is 1. The first-order valence-corrected chi connectivity index (χ1v) is 7.79. The third-order valence-electron chi connectivity index (χ3n) is 4.98. The monoisotopic (exact) mass is 324 g/mol. The standard InChI is InChI=1S/C17H24N2O2.ClH/c1-21-12-14-5-3-2-4-13(14)11-19-16(20)15-10-17(15)6-8-18-9-7-17;/h2-5,15,18H,6-12H2,1H3,(H,19,20);1H. The van der Waals surface area contributed by atoms with Crippen molar-refractivity contribution in [3.63, 3.8) is 0 Å². The molecule has 122 valence electrons. The van der Waals surface area contributed by atoms with Crippen molar-refractivity contribution < 1.29 is 9.53 Å². The Balaban J connectivity index is 0.00000176. The van der Waals surface area contributed by atoms with Gasteiger partial charge in [-0.3, -0.25) is 4.79 Å². The molecule has 0 radical (unpaired) electrons. The average Bonchev–Trinajstić information content (AvgIpc) is 3.20. The van der Waals surface area contributed by atoms with E-state index in [4.69, 9.17) is 4.74 Å². The highest BCUT2D eigenvalue weighted by atomic mass is 35.5. The molecule has 1 saturated heterocycles. The number of amides is 1. The summed E-state index contributed by atoms with van der Waals surface area (Å²) in [7, 11) is 1.69. The third kappa shape index (κ3) is 3.62. The number of halogens is 1. The smallest absolute Gasteiger partial charge is 0.223 e. The van der Waals surface area contributed by atoms with Crippen LogP contribution in [-0.2, 0) is 22.7 Å². The van der Waals surface area contributed by atoms with Gasteiger partial charge in [-0.15, -0.1) is 12.4 Å². The summed E-state index contributed by atoms with van der Waals surface area (Å²) in [6.07, 6.45) is 3.36. The molecule has 1 aromatic carbocycles. The van der Waals surface area contributed by atoms with Crippen LogP contribution in [0.3, 0.4) is 0 Å². The van der Waals surface area contributed by atoms with Gasteiger partial charge in [0.15, 0.2) is 0 Å². The summed E-state index contributed by atoms with van der Waals surface area (Å²) < 4.78 is 5.21. The van der Waals surface area contributed by atoms with Crippen molar-refractivity contribution in [2.75, 3.05) is 20.2 Å².